The molecule has 0 unspecified atom stereocenters. The highest BCUT2D eigenvalue weighted by molar-refractivity contribution is 6.30. The molecular formula is C23H26ClN3O3. The van der Waals surface area contributed by atoms with Crippen molar-refractivity contribution in [1.82, 2.24) is 15.5 Å². The molecule has 2 aliphatic rings. The molecule has 158 valence electrons. The Kier molecular flexibility index (Phi) is 6.25. The van der Waals surface area contributed by atoms with Crippen LogP contribution in [0.3, 0.4) is 0 Å². The van der Waals surface area contributed by atoms with Crippen LogP contribution >= 0.6 is 11.6 Å². The van der Waals surface area contributed by atoms with E-state index in [1.165, 1.54) is 17.7 Å². The van der Waals surface area contributed by atoms with Gasteiger partial charge in [0, 0.05) is 29.7 Å². The van der Waals surface area contributed by atoms with Gasteiger partial charge in [-0.1, -0.05) is 35.9 Å². The number of carbonyl (C=O) groups excluding carboxylic acids is 2. The molecule has 3 atom stereocenters. The Morgan fingerprint density at radius 3 is 2.37 bits per heavy atom. The predicted octanol–water partition coefficient (Wildman–Crippen LogP) is 3.09. The fraction of sp³-hybridized carbons (Fsp3) is 0.391. The van der Waals surface area contributed by atoms with Crippen molar-refractivity contribution in [2.75, 3.05) is 6.54 Å². The summed E-state index contributed by atoms with van der Waals surface area (Å²) in [5, 5.41) is 16.1. The third-order valence-corrected chi connectivity index (χ3v) is 6.34. The van der Waals surface area contributed by atoms with Crippen LogP contribution in [0.15, 0.2) is 48.5 Å². The number of aromatic hydroxyl groups is 1. The third kappa shape index (κ3) is 4.77. The van der Waals surface area contributed by atoms with E-state index in [1.807, 2.05) is 12.1 Å². The molecule has 2 bridgehead atoms. The van der Waals surface area contributed by atoms with Gasteiger partial charge in [-0.3, -0.25) is 14.5 Å². The number of piperidine rings is 1. The number of hydrogen-bond acceptors (Lipinski definition) is 4. The van der Waals surface area contributed by atoms with Gasteiger partial charge < -0.3 is 15.7 Å². The maximum absolute atomic E-state index is 12.4. The van der Waals surface area contributed by atoms with E-state index in [4.69, 9.17) is 11.6 Å². The summed E-state index contributed by atoms with van der Waals surface area (Å²) in [6, 6.07) is 15.3. The summed E-state index contributed by atoms with van der Waals surface area (Å²) in [5.41, 5.74) is 1.42. The average molecular weight is 428 g/mol. The van der Waals surface area contributed by atoms with Gasteiger partial charge in [0.15, 0.2) is 0 Å². The smallest absolute Gasteiger partial charge is 0.255 e. The Bertz CT molecular complexity index is 904. The number of fused-ring (bicyclic) bond motifs is 2. The van der Waals surface area contributed by atoms with Crippen molar-refractivity contribution in [2.24, 2.45) is 0 Å². The fourth-order valence-corrected chi connectivity index (χ4v) is 4.78. The van der Waals surface area contributed by atoms with Gasteiger partial charge >= 0.3 is 0 Å². The molecule has 2 fully saturated rings. The largest absolute Gasteiger partial charge is 0.507 e. The van der Waals surface area contributed by atoms with Crippen LogP contribution in [0.4, 0.5) is 0 Å². The van der Waals surface area contributed by atoms with Crippen LogP contribution in [-0.2, 0) is 11.3 Å². The topological polar surface area (TPSA) is 81.7 Å². The maximum Gasteiger partial charge on any atom is 0.255 e. The van der Waals surface area contributed by atoms with Gasteiger partial charge in [0.1, 0.15) is 5.75 Å². The molecule has 2 aliphatic heterocycles. The zero-order valence-corrected chi connectivity index (χ0v) is 17.4. The van der Waals surface area contributed by atoms with Gasteiger partial charge in [-0.05, 0) is 55.5 Å². The van der Waals surface area contributed by atoms with E-state index < -0.39 is 5.91 Å². The Morgan fingerprint density at radius 1 is 1.03 bits per heavy atom. The van der Waals surface area contributed by atoms with E-state index in [1.54, 1.807) is 12.1 Å². The second kappa shape index (κ2) is 9.06. The zero-order valence-electron chi connectivity index (χ0n) is 16.7. The van der Waals surface area contributed by atoms with Gasteiger partial charge in [0.25, 0.3) is 5.91 Å². The van der Waals surface area contributed by atoms with Crippen molar-refractivity contribution in [2.45, 2.75) is 50.4 Å². The monoisotopic (exact) mass is 427 g/mol. The SMILES string of the molecule is O=C(CNC(=O)c1ccccc1O)N[C@H]1C[C@H]2CC[C@@H](C1)N2Cc1ccc(Cl)cc1. The molecule has 2 heterocycles. The number of halogens is 1. The Balaban J connectivity index is 1.26. The van der Waals surface area contributed by atoms with Gasteiger partial charge in [0.05, 0.1) is 12.1 Å². The molecule has 0 aromatic heterocycles. The lowest BCUT2D eigenvalue weighted by Gasteiger charge is -2.39. The molecule has 2 saturated heterocycles. The first-order valence-corrected chi connectivity index (χ1v) is 10.7. The van der Waals surface area contributed by atoms with Crippen molar-refractivity contribution in [3.8, 4) is 5.75 Å². The number of nitrogens with zero attached hydrogens (tertiary/aromatic N) is 1. The maximum atomic E-state index is 12.4. The molecule has 7 heteroatoms. The summed E-state index contributed by atoms with van der Waals surface area (Å²) < 4.78 is 0. The fourth-order valence-electron chi connectivity index (χ4n) is 4.65. The average Bonchev–Trinajstić information content (AvgIpc) is 2.96. The van der Waals surface area contributed by atoms with E-state index in [2.05, 4.69) is 27.7 Å². The third-order valence-electron chi connectivity index (χ3n) is 6.09. The first-order chi connectivity index (χ1) is 14.5. The molecule has 2 amide bonds. The van der Waals surface area contributed by atoms with Crippen molar-refractivity contribution in [3.63, 3.8) is 0 Å². The molecule has 2 aromatic rings. The van der Waals surface area contributed by atoms with Gasteiger partial charge in [-0.15, -0.1) is 0 Å². The van der Waals surface area contributed by atoms with Crippen LogP contribution in [0.5, 0.6) is 5.75 Å². The van der Waals surface area contributed by atoms with Crippen LogP contribution in [-0.4, -0.2) is 46.5 Å². The minimum atomic E-state index is -0.457. The molecule has 0 spiro atoms. The van der Waals surface area contributed by atoms with Crippen LogP contribution in [0.25, 0.3) is 0 Å². The quantitative estimate of drug-likeness (QED) is 0.661. The molecule has 0 aliphatic carbocycles. The Morgan fingerprint density at radius 2 is 1.70 bits per heavy atom. The summed E-state index contributed by atoms with van der Waals surface area (Å²) in [6.07, 6.45) is 4.13. The molecule has 6 nitrogen and oxygen atoms in total. The highest BCUT2D eigenvalue weighted by Gasteiger charge is 2.40. The number of phenolic OH excluding ortho intramolecular Hbond substituents is 1. The van der Waals surface area contributed by atoms with Crippen molar-refractivity contribution in [3.05, 3.63) is 64.7 Å². The number of hydrogen-bond donors (Lipinski definition) is 3. The summed E-state index contributed by atoms with van der Waals surface area (Å²) in [6.45, 7) is 0.803. The molecule has 2 aromatic carbocycles. The molecule has 3 N–H and O–H groups in total. The highest BCUT2D eigenvalue weighted by atomic mass is 35.5. The van der Waals surface area contributed by atoms with Crippen LogP contribution < -0.4 is 10.6 Å². The van der Waals surface area contributed by atoms with E-state index in [9.17, 15) is 14.7 Å². The molecule has 30 heavy (non-hydrogen) atoms. The molecule has 0 saturated carbocycles. The van der Waals surface area contributed by atoms with Crippen molar-refractivity contribution in [1.29, 1.82) is 0 Å². The molecule has 4 rings (SSSR count). The van der Waals surface area contributed by atoms with Crippen LogP contribution in [0.2, 0.25) is 5.02 Å². The van der Waals surface area contributed by atoms with Crippen molar-refractivity contribution < 1.29 is 14.7 Å². The number of nitrogens with one attached hydrogen (secondary N) is 2. The van der Waals surface area contributed by atoms with E-state index in [0.717, 1.165) is 37.3 Å². The normalized spacial score (nSPS) is 23.2. The summed E-state index contributed by atoms with van der Waals surface area (Å²) >= 11 is 5.99. The lowest BCUT2D eigenvalue weighted by atomic mass is 9.96. The standard InChI is InChI=1S/C23H26ClN3O3/c24-16-7-5-15(6-8-16)14-27-18-9-10-19(27)12-17(11-18)26-22(29)13-25-23(30)20-3-1-2-4-21(20)28/h1-8,17-19,28H,9-14H2,(H,25,30)(H,26,29)/t17-,18+,19-. The minimum absolute atomic E-state index is 0.0972. The Labute approximate surface area is 181 Å². The van der Waals surface area contributed by atoms with Gasteiger partial charge in [0.2, 0.25) is 5.91 Å². The summed E-state index contributed by atoms with van der Waals surface area (Å²) in [5.74, 6) is -0.754. The number of amides is 2. The summed E-state index contributed by atoms with van der Waals surface area (Å²) in [7, 11) is 0. The molecular weight excluding hydrogens is 402 g/mol. The van der Waals surface area contributed by atoms with E-state index >= 15 is 0 Å². The first kappa shape index (κ1) is 20.7. The lowest BCUT2D eigenvalue weighted by molar-refractivity contribution is -0.121. The number of phenols is 1. The Hall–Kier alpha value is -2.57. The predicted molar refractivity (Wildman–Crippen MR) is 115 cm³/mol. The lowest BCUT2D eigenvalue weighted by Crippen LogP contribution is -2.51. The van der Waals surface area contributed by atoms with Crippen molar-refractivity contribution >= 4 is 23.4 Å². The summed E-state index contributed by atoms with van der Waals surface area (Å²) in [4.78, 5) is 27.1. The number of rotatable bonds is 6. The minimum Gasteiger partial charge on any atom is -0.507 e. The van der Waals surface area contributed by atoms with Crippen LogP contribution in [0, 0.1) is 0 Å². The second-order valence-corrected chi connectivity index (χ2v) is 8.56. The second-order valence-electron chi connectivity index (χ2n) is 8.12. The van der Waals surface area contributed by atoms with E-state index in [-0.39, 0.29) is 29.8 Å². The van der Waals surface area contributed by atoms with Crippen LogP contribution in [0.1, 0.15) is 41.6 Å². The zero-order chi connectivity index (χ0) is 21.1. The number of benzene rings is 2. The number of carbonyl (C=O) groups is 2. The van der Waals surface area contributed by atoms with E-state index in [0.29, 0.717) is 12.1 Å². The van der Waals surface area contributed by atoms with Gasteiger partial charge in [-0.2, -0.15) is 0 Å². The number of para-hydroxylation sites is 1. The van der Waals surface area contributed by atoms with Gasteiger partial charge in [-0.25, -0.2) is 0 Å². The highest BCUT2D eigenvalue weighted by Crippen LogP contribution is 2.37. The first-order valence-electron chi connectivity index (χ1n) is 10.4. The molecule has 0 radical (unpaired) electrons.